The molecule has 0 fully saturated rings. The Labute approximate surface area is 131 Å². The molecule has 4 heteroatoms. The van der Waals surface area contributed by atoms with Crippen molar-refractivity contribution >= 4 is 17.0 Å². The number of amides is 1. The first-order valence-electron chi connectivity index (χ1n) is 7.54. The molecular weight excluding hydrogens is 276 g/mol. The first-order chi connectivity index (χ1) is 10.4. The molecule has 2 aromatic rings. The highest BCUT2D eigenvalue weighted by atomic mass is 16.6. The molecule has 0 atom stereocenters. The van der Waals surface area contributed by atoms with E-state index in [2.05, 4.69) is 17.6 Å². The zero-order chi connectivity index (χ0) is 16.2. The van der Waals surface area contributed by atoms with E-state index in [9.17, 15) is 4.79 Å². The summed E-state index contributed by atoms with van der Waals surface area (Å²) in [4.78, 5) is 17.2. The van der Waals surface area contributed by atoms with Gasteiger partial charge in [0.2, 0.25) is 0 Å². The Hall–Kier alpha value is -2.23. The Morgan fingerprint density at radius 1 is 1.36 bits per heavy atom. The third kappa shape index (κ3) is 4.13. The molecule has 4 nitrogen and oxygen atoms in total. The maximum absolute atomic E-state index is 12.2. The summed E-state index contributed by atoms with van der Waals surface area (Å²) in [5.41, 5.74) is 1.83. The Bertz CT molecular complexity index is 652. The van der Waals surface area contributed by atoms with E-state index in [4.69, 9.17) is 4.74 Å². The summed E-state index contributed by atoms with van der Waals surface area (Å²) in [6, 6.07) is 8.17. The molecule has 1 amide bonds. The second-order valence-electron chi connectivity index (χ2n) is 6.32. The van der Waals surface area contributed by atoms with Crippen molar-refractivity contribution in [2.24, 2.45) is 0 Å². The molecule has 0 aliphatic rings. The molecule has 22 heavy (non-hydrogen) atoms. The topological polar surface area (TPSA) is 45.3 Å². The molecule has 1 heterocycles. The number of aromatic nitrogens is 1. The molecule has 1 aromatic carbocycles. The van der Waals surface area contributed by atoms with Crippen LogP contribution in [0.3, 0.4) is 0 Å². The summed E-state index contributed by atoms with van der Waals surface area (Å²) in [7, 11) is 0. The van der Waals surface area contributed by atoms with Crippen LogP contribution in [-0.4, -0.2) is 34.7 Å². The standard InChI is InChI=1S/C18H24N2O2/c1-5-11-20(17(21)22-18(2,3)4)12-10-14-13-19-16-9-7-6-8-15(14)16/h5-9,13,19H,1,10-12H2,2-4H3. The van der Waals surface area contributed by atoms with Gasteiger partial charge in [-0.2, -0.15) is 0 Å². The molecule has 0 radical (unpaired) electrons. The number of hydrogen-bond acceptors (Lipinski definition) is 2. The van der Waals surface area contributed by atoms with Crippen LogP contribution in [0.4, 0.5) is 4.79 Å². The average Bonchev–Trinajstić information content (AvgIpc) is 2.85. The van der Waals surface area contributed by atoms with Crippen LogP contribution in [0.5, 0.6) is 0 Å². The normalized spacial score (nSPS) is 11.4. The van der Waals surface area contributed by atoms with Gasteiger partial charge in [-0.05, 0) is 38.8 Å². The highest BCUT2D eigenvalue weighted by Crippen LogP contribution is 2.19. The number of fused-ring (bicyclic) bond motifs is 1. The number of ether oxygens (including phenoxy) is 1. The van der Waals surface area contributed by atoms with E-state index in [-0.39, 0.29) is 6.09 Å². The van der Waals surface area contributed by atoms with Crippen LogP contribution < -0.4 is 0 Å². The van der Waals surface area contributed by atoms with Crippen molar-refractivity contribution in [3.05, 3.63) is 48.7 Å². The van der Waals surface area contributed by atoms with Gasteiger partial charge in [0.15, 0.2) is 0 Å². The van der Waals surface area contributed by atoms with Crippen LogP contribution in [0.1, 0.15) is 26.3 Å². The van der Waals surface area contributed by atoms with E-state index in [1.165, 1.54) is 10.9 Å². The van der Waals surface area contributed by atoms with E-state index in [1.54, 1.807) is 11.0 Å². The highest BCUT2D eigenvalue weighted by Gasteiger charge is 2.21. The summed E-state index contributed by atoms with van der Waals surface area (Å²) in [6.07, 6.45) is 4.20. The van der Waals surface area contributed by atoms with Gasteiger partial charge >= 0.3 is 6.09 Å². The van der Waals surface area contributed by atoms with Crippen LogP contribution in [0, 0.1) is 0 Å². The predicted molar refractivity (Wildman–Crippen MR) is 90.0 cm³/mol. The lowest BCUT2D eigenvalue weighted by atomic mass is 10.1. The van der Waals surface area contributed by atoms with Crippen LogP contribution in [-0.2, 0) is 11.2 Å². The number of nitrogens with one attached hydrogen (secondary N) is 1. The van der Waals surface area contributed by atoms with Crippen LogP contribution >= 0.6 is 0 Å². The molecular formula is C18H24N2O2. The molecule has 2 rings (SSSR count). The largest absolute Gasteiger partial charge is 0.444 e. The second kappa shape index (κ2) is 6.69. The number of para-hydroxylation sites is 1. The number of H-pyrrole nitrogens is 1. The monoisotopic (exact) mass is 300 g/mol. The van der Waals surface area contributed by atoms with Gasteiger partial charge in [0.25, 0.3) is 0 Å². The smallest absolute Gasteiger partial charge is 0.410 e. The number of rotatable bonds is 5. The van der Waals surface area contributed by atoms with Crippen LogP contribution in [0.15, 0.2) is 43.1 Å². The van der Waals surface area contributed by atoms with Gasteiger partial charge in [0.05, 0.1) is 0 Å². The summed E-state index contributed by atoms with van der Waals surface area (Å²) >= 11 is 0. The Morgan fingerprint density at radius 3 is 2.77 bits per heavy atom. The zero-order valence-corrected chi connectivity index (χ0v) is 13.6. The third-order valence-corrected chi connectivity index (χ3v) is 3.33. The van der Waals surface area contributed by atoms with Gasteiger partial charge < -0.3 is 14.6 Å². The Kier molecular flexibility index (Phi) is 4.91. The molecule has 0 spiro atoms. The quantitative estimate of drug-likeness (QED) is 0.844. The van der Waals surface area contributed by atoms with Gasteiger partial charge in [-0.25, -0.2) is 4.79 Å². The molecule has 1 N–H and O–H groups in total. The summed E-state index contributed by atoms with van der Waals surface area (Å²) < 4.78 is 5.44. The number of aromatic amines is 1. The number of carbonyl (C=O) groups is 1. The Balaban J connectivity index is 2.05. The minimum absolute atomic E-state index is 0.299. The minimum atomic E-state index is -0.489. The number of benzene rings is 1. The molecule has 0 aliphatic heterocycles. The minimum Gasteiger partial charge on any atom is -0.444 e. The van der Waals surface area contributed by atoms with Gasteiger partial charge in [-0.3, -0.25) is 0 Å². The molecule has 0 unspecified atom stereocenters. The first kappa shape index (κ1) is 16.1. The van der Waals surface area contributed by atoms with E-state index >= 15 is 0 Å². The fourth-order valence-corrected chi connectivity index (χ4v) is 2.33. The molecule has 0 bridgehead atoms. The highest BCUT2D eigenvalue weighted by molar-refractivity contribution is 5.83. The van der Waals surface area contributed by atoms with Crippen molar-refractivity contribution < 1.29 is 9.53 Å². The second-order valence-corrected chi connectivity index (χ2v) is 6.32. The van der Waals surface area contributed by atoms with Crippen molar-refractivity contribution in [3.8, 4) is 0 Å². The maximum Gasteiger partial charge on any atom is 0.410 e. The zero-order valence-electron chi connectivity index (χ0n) is 13.6. The number of hydrogen-bond donors (Lipinski definition) is 1. The van der Waals surface area contributed by atoms with Crippen molar-refractivity contribution in [2.75, 3.05) is 13.1 Å². The summed E-state index contributed by atoms with van der Waals surface area (Å²) in [5.74, 6) is 0. The fraction of sp³-hybridized carbons (Fsp3) is 0.389. The van der Waals surface area contributed by atoms with E-state index in [0.717, 1.165) is 11.9 Å². The Morgan fingerprint density at radius 2 is 2.09 bits per heavy atom. The summed E-state index contributed by atoms with van der Waals surface area (Å²) in [6.45, 7) is 10.4. The molecule has 0 saturated carbocycles. The number of nitrogens with zero attached hydrogens (tertiary/aromatic N) is 1. The lowest BCUT2D eigenvalue weighted by molar-refractivity contribution is 0.0274. The molecule has 1 aromatic heterocycles. The molecule has 0 aliphatic carbocycles. The van der Waals surface area contributed by atoms with E-state index < -0.39 is 5.60 Å². The van der Waals surface area contributed by atoms with Crippen molar-refractivity contribution in [1.29, 1.82) is 0 Å². The molecule has 118 valence electrons. The average molecular weight is 300 g/mol. The van der Waals surface area contributed by atoms with Crippen LogP contribution in [0.2, 0.25) is 0 Å². The van der Waals surface area contributed by atoms with Gasteiger partial charge in [0, 0.05) is 30.2 Å². The maximum atomic E-state index is 12.2. The van der Waals surface area contributed by atoms with Gasteiger partial charge in [0.1, 0.15) is 5.60 Å². The lowest BCUT2D eigenvalue weighted by Crippen LogP contribution is -2.38. The first-order valence-corrected chi connectivity index (χ1v) is 7.54. The lowest BCUT2D eigenvalue weighted by Gasteiger charge is -2.26. The van der Waals surface area contributed by atoms with Gasteiger partial charge in [-0.15, -0.1) is 6.58 Å². The van der Waals surface area contributed by atoms with Crippen LogP contribution in [0.25, 0.3) is 10.9 Å². The van der Waals surface area contributed by atoms with Gasteiger partial charge in [-0.1, -0.05) is 24.3 Å². The van der Waals surface area contributed by atoms with E-state index in [1.807, 2.05) is 45.2 Å². The SMILES string of the molecule is C=CCN(CCc1c[nH]c2ccccc12)C(=O)OC(C)(C)C. The molecule has 0 saturated heterocycles. The third-order valence-electron chi connectivity index (χ3n) is 3.33. The van der Waals surface area contributed by atoms with E-state index in [0.29, 0.717) is 13.1 Å². The van der Waals surface area contributed by atoms with Crippen molar-refractivity contribution in [3.63, 3.8) is 0 Å². The fourth-order valence-electron chi connectivity index (χ4n) is 2.33. The van der Waals surface area contributed by atoms with Crippen molar-refractivity contribution in [2.45, 2.75) is 32.8 Å². The predicted octanol–water partition coefficient (Wildman–Crippen LogP) is 4.13. The number of carbonyl (C=O) groups excluding carboxylic acids is 1. The van der Waals surface area contributed by atoms with Crippen molar-refractivity contribution in [1.82, 2.24) is 9.88 Å². The summed E-state index contributed by atoms with van der Waals surface area (Å²) in [5, 5.41) is 1.20.